The molecule has 26 heavy (non-hydrogen) atoms. The Labute approximate surface area is 156 Å². The van der Waals surface area contributed by atoms with E-state index in [9.17, 15) is 0 Å². The Morgan fingerprint density at radius 3 is 2.54 bits per heavy atom. The molecule has 128 valence electrons. The summed E-state index contributed by atoms with van der Waals surface area (Å²) in [7, 11) is 1.67. The molecule has 2 aromatic carbocycles. The van der Waals surface area contributed by atoms with Crippen molar-refractivity contribution in [2.45, 2.75) is 5.03 Å². The zero-order valence-electron chi connectivity index (χ0n) is 14.5. The molecule has 0 aliphatic rings. The number of benzene rings is 2. The fourth-order valence-corrected chi connectivity index (χ4v) is 3.24. The van der Waals surface area contributed by atoms with E-state index in [1.165, 1.54) is 0 Å². The normalized spacial score (nSPS) is 10.8. The number of nitrogens with zero attached hydrogens (tertiary/aromatic N) is 3. The summed E-state index contributed by atoms with van der Waals surface area (Å²) in [5, 5.41) is 1.95. The highest BCUT2D eigenvalue weighted by atomic mass is 32.2. The Hall–Kier alpha value is -2.92. The number of aromatic nitrogens is 3. The molecule has 0 amide bonds. The van der Waals surface area contributed by atoms with E-state index in [0.717, 1.165) is 38.6 Å². The van der Waals surface area contributed by atoms with Crippen LogP contribution in [-0.2, 0) is 0 Å². The monoisotopic (exact) mass is 359 g/mol. The van der Waals surface area contributed by atoms with E-state index in [1.807, 2.05) is 73.0 Å². The van der Waals surface area contributed by atoms with Gasteiger partial charge in [-0.05, 0) is 36.6 Å². The maximum atomic E-state index is 5.38. The molecule has 0 saturated carbocycles. The second kappa shape index (κ2) is 7.14. The molecule has 0 bridgehead atoms. The van der Waals surface area contributed by atoms with Crippen LogP contribution in [0.3, 0.4) is 0 Å². The summed E-state index contributed by atoms with van der Waals surface area (Å²) in [4.78, 5) is 14.2. The average Bonchev–Trinajstić information content (AvgIpc) is 2.73. The van der Waals surface area contributed by atoms with Crippen LogP contribution in [0.4, 0.5) is 0 Å². The molecule has 4 nitrogen and oxygen atoms in total. The van der Waals surface area contributed by atoms with E-state index < -0.39 is 0 Å². The van der Waals surface area contributed by atoms with Gasteiger partial charge >= 0.3 is 0 Å². The Morgan fingerprint density at radius 2 is 1.69 bits per heavy atom. The van der Waals surface area contributed by atoms with E-state index in [4.69, 9.17) is 14.7 Å². The molecule has 0 spiro atoms. The third kappa shape index (κ3) is 3.13. The van der Waals surface area contributed by atoms with Gasteiger partial charge in [0.2, 0.25) is 0 Å². The highest BCUT2D eigenvalue weighted by molar-refractivity contribution is 7.98. The summed E-state index contributed by atoms with van der Waals surface area (Å²) >= 11 is 1.60. The molecule has 0 aliphatic carbocycles. The van der Waals surface area contributed by atoms with Crippen molar-refractivity contribution in [1.29, 1.82) is 0 Å². The molecule has 0 N–H and O–H groups in total. The molecule has 0 radical (unpaired) electrons. The molecule has 4 rings (SSSR count). The quantitative estimate of drug-likeness (QED) is 0.475. The summed E-state index contributed by atoms with van der Waals surface area (Å²) in [5.41, 5.74) is 3.53. The Morgan fingerprint density at radius 1 is 0.846 bits per heavy atom. The highest BCUT2D eigenvalue weighted by Crippen LogP contribution is 2.30. The lowest BCUT2D eigenvalue weighted by atomic mass is 10.1. The van der Waals surface area contributed by atoms with Crippen LogP contribution in [0.2, 0.25) is 0 Å². The predicted octanol–water partition coefficient (Wildman–Crippen LogP) is 5.09. The summed E-state index contributed by atoms with van der Waals surface area (Å²) in [6.45, 7) is 0. The standard InChI is InChI=1S/C21H17N3OS/c1-25-15-8-5-7-14(13-15)20-16-9-3-4-10-17(16)23-21(24-20)18-11-6-12-19(22-18)26-2/h3-13H,1-2H3. The van der Waals surface area contributed by atoms with Crippen molar-refractivity contribution in [3.63, 3.8) is 0 Å². The van der Waals surface area contributed by atoms with Gasteiger partial charge in [-0.2, -0.15) is 0 Å². The second-order valence-corrected chi connectivity index (χ2v) is 6.54. The van der Waals surface area contributed by atoms with E-state index in [2.05, 4.69) is 4.98 Å². The first-order valence-electron chi connectivity index (χ1n) is 8.21. The van der Waals surface area contributed by atoms with Gasteiger partial charge in [-0.3, -0.25) is 0 Å². The molecule has 0 unspecified atom stereocenters. The topological polar surface area (TPSA) is 47.9 Å². The first-order valence-corrected chi connectivity index (χ1v) is 9.43. The summed E-state index contributed by atoms with van der Waals surface area (Å²) in [5.74, 6) is 1.42. The fraction of sp³-hybridized carbons (Fsp3) is 0.0952. The smallest absolute Gasteiger partial charge is 0.179 e. The van der Waals surface area contributed by atoms with Crippen LogP contribution >= 0.6 is 11.8 Å². The number of hydrogen-bond acceptors (Lipinski definition) is 5. The van der Waals surface area contributed by atoms with Crippen LogP contribution in [0, 0.1) is 0 Å². The van der Waals surface area contributed by atoms with Crippen molar-refractivity contribution in [3.05, 3.63) is 66.7 Å². The maximum absolute atomic E-state index is 5.38. The average molecular weight is 359 g/mol. The van der Waals surface area contributed by atoms with Gasteiger partial charge in [-0.25, -0.2) is 15.0 Å². The predicted molar refractivity (Wildman–Crippen MR) is 107 cm³/mol. The van der Waals surface area contributed by atoms with Crippen molar-refractivity contribution in [2.24, 2.45) is 0 Å². The highest BCUT2D eigenvalue weighted by Gasteiger charge is 2.13. The lowest BCUT2D eigenvalue weighted by molar-refractivity contribution is 0.415. The van der Waals surface area contributed by atoms with Gasteiger partial charge in [0, 0.05) is 10.9 Å². The van der Waals surface area contributed by atoms with Gasteiger partial charge in [-0.15, -0.1) is 11.8 Å². The van der Waals surface area contributed by atoms with Crippen LogP contribution in [0.25, 0.3) is 33.7 Å². The van der Waals surface area contributed by atoms with Crippen LogP contribution in [-0.4, -0.2) is 28.3 Å². The number of hydrogen-bond donors (Lipinski definition) is 0. The summed E-state index contributed by atoms with van der Waals surface area (Å²) < 4.78 is 5.38. The van der Waals surface area contributed by atoms with Crippen molar-refractivity contribution in [3.8, 4) is 28.5 Å². The molecule has 2 aromatic heterocycles. The lowest BCUT2D eigenvalue weighted by Gasteiger charge is -2.10. The van der Waals surface area contributed by atoms with E-state index in [0.29, 0.717) is 5.82 Å². The third-order valence-electron chi connectivity index (χ3n) is 4.11. The SMILES string of the molecule is COc1cccc(-c2nc(-c3cccc(SC)n3)nc3ccccc23)c1. The van der Waals surface area contributed by atoms with Crippen molar-refractivity contribution in [1.82, 2.24) is 15.0 Å². The molecular formula is C21H17N3OS. The molecule has 0 fully saturated rings. The van der Waals surface area contributed by atoms with Crippen molar-refractivity contribution >= 4 is 22.7 Å². The largest absolute Gasteiger partial charge is 0.497 e. The van der Waals surface area contributed by atoms with E-state index >= 15 is 0 Å². The summed E-state index contributed by atoms with van der Waals surface area (Å²) in [6.07, 6.45) is 2.01. The first kappa shape index (κ1) is 16.5. The van der Waals surface area contributed by atoms with Gasteiger partial charge in [-0.1, -0.05) is 36.4 Å². The van der Waals surface area contributed by atoms with Gasteiger partial charge in [0.25, 0.3) is 0 Å². The number of pyridine rings is 1. The number of fused-ring (bicyclic) bond motifs is 1. The number of methoxy groups -OCH3 is 1. The Bertz CT molecular complexity index is 1080. The number of thioether (sulfide) groups is 1. The van der Waals surface area contributed by atoms with Gasteiger partial charge in [0.1, 0.15) is 11.4 Å². The molecule has 0 aliphatic heterocycles. The van der Waals surface area contributed by atoms with E-state index in [1.54, 1.807) is 18.9 Å². The lowest BCUT2D eigenvalue weighted by Crippen LogP contribution is -1.97. The van der Waals surface area contributed by atoms with Crippen LogP contribution in [0.1, 0.15) is 0 Å². The third-order valence-corrected chi connectivity index (χ3v) is 4.75. The Kier molecular flexibility index (Phi) is 4.54. The van der Waals surface area contributed by atoms with E-state index in [-0.39, 0.29) is 0 Å². The molecule has 2 heterocycles. The molecule has 0 atom stereocenters. The molecule has 5 heteroatoms. The minimum absolute atomic E-state index is 0.623. The van der Waals surface area contributed by atoms with Gasteiger partial charge in [0.15, 0.2) is 5.82 Å². The number of rotatable bonds is 4. The minimum atomic E-state index is 0.623. The number of para-hydroxylation sites is 1. The Balaban J connectivity index is 1.96. The fourth-order valence-electron chi connectivity index (χ4n) is 2.83. The van der Waals surface area contributed by atoms with Gasteiger partial charge < -0.3 is 4.74 Å². The zero-order chi connectivity index (χ0) is 17.9. The first-order chi connectivity index (χ1) is 12.8. The van der Waals surface area contributed by atoms with Crippen molar-refractivity contribution in [2.75, 3.05) is 13.4 Å². The minimum Gasteiger partial charge on any atom is -0.497 e. The second-order valence-electron chi connectivity index (χ2n) is 5.71. The number of ether oxygens (including phenoxy) is 1. The van der Waals surface area contributed by atoms with Crippen LogP contribution in [0.15, 0.2) is 71.8 Å². The molecular weight excluding hydrogens is 342 g/mol. The van der Waals surface area contributed by atoms with Crippen molar-refractivity contribution < 1.29 is 4.74 Å². The summed E-state index contributed by atoms with van der Waals surface area (Å²) in [6, 6.07) is 21.9. The molecule has 0 saturated heterocycles. The van der Waals surface area contributed by atoms with Gasteiger partial charge in [0.05, 0.1) is 23.3 Å². The van der Waals surface area contributed by atoms with Crippen LogP contribution in [0.5, 0.6) is 5.75 Å². The van der Waals surface area contributed by atoms with Crippen LogP contribution < -0.4 is 4.74 Å². The maximum Gasteiger partial charge on any atom is 0.179 e. The molecule has 4 aromatic rings. The zero-order valence-corrected chi connectivity index (χ0v) is 15.3.